The van der Waals surface area contributed by atoms with Gasteiger partial charge in [-0.15, -0.1) is 0 Å². The van der Waals surface area contributed by atoms with Gasteiger partial charge in [0.1, 0.15) is 17.3 Å². The van der Waals surface area contributed by atoms with Crippen molar-refractivity contribution in [3.8, 4) is 11.1 Å². The Hall–Kier alpha value is -2.39. The number of carbonyl (C=O) groups excluding carboxylic acids is 1. The second kappa shape index (κ2) is 7.94. The molecule has 1 saturated carbocycles. The zero-order valence-corrected chi connectivity index (χ0v) is 17.8. The van der Waals surface area contributed by atoms with Crippen LogP contribution in [0.15, 0.2) is 42.5 Å². The summed E-state index contributed by atoms with van der Waals surface area (Å²) in [4.78, 5) is 14.5. The van der Waals surface area contributed by atoms with Gasteiger partial charge in [0, 0.05) is 26.1 Å². The molecule has 2 fully saturated rings. The summed E-state index contributed by atoms with van der Waals surface area (Å²) in [6, 6.07) is 9.57. The van der Waals surface area contributed by atoms with Crippen molar-refractivity contribution in [2.75, 3.05) is 25.9 Å². The average molecular weight is 452 g/mol. The van der Waals surface area contributed by atoms with Crippen LogP contribution in [0.5, 0.6) is 0 Å². The van der Waals surface area contributed by atoms with Gasteiger partial charge in [-0.3, -0.25) is 4.79 Å². The molecule has 1 amide bonds. The van der Waals surface area contributed by atoms with E-state index in [-0.39, 0.29) is 41.5 Å². The Kier molecular flexibility index (Phi) is 5.59. The number of alkyl halides is 1. The molecule has 0 unspecified atom stereocenters. The van der Waals surface area contributed by atoms with Gasteiger partial charge in [0.05, 0.1) is 17.7 Å². The highest BCUT2D eigenvalue weighted by molar-refractivity contribution is 7.88. The molecule has 3 atom stereocenters. The van der Waals surface area contributed by atoms with Gasteiger partial charge >= 0.3 is 0 Å². The van der Waals surface area contributed by atoms with Crippen molar-refractivity contribution in [3.05, 3.63) is 59.7 Å². The molecule has 0 spiro atoms. The van der Waals surface area contributed by atoms with E-state index < -0.39 is 33.2 Å². The van der Waals surface area contributed by atoms with Crippen LogP contribution >= 0.6 is 0 Å². The van der Waals surface area contributed by atoms with Crippen molar-refractivity contribution < 1.29 is 26.4 Å². The van der Waals surface area contributed by atoms with Crippen molar-refractivity contribution in [3.63, 3.8) is 0 Å². The summed E-state index contributed by atoms with van der Waals surface area (Å²) in [5.74, 6) is -2.90. The highest BCUT2D eigenvalue weighted by Gasteiger charge is 2.62. The van der Waals surface area contributed by atoms with E-state index in [0.29, 0.717) is 19.5 Å². The third-order valence-electron chi connectivity index (χ3n) is 6.03. The molecule has 31 heavy (non-hydrogen) atoms. The molecule has 0 bridgehead atoms. The number of carbonyl (C=O) groups is 1. The van der Waals surface area contributed by atoms with Crippen LogP contribution in [0.1, 0.15) is 18.4 Å². The van der Waals surface area contributed by atoms with E-state index in [1.54, 1.807) is 17.0 Å². The quantitative estimate of drug-likeness (QED) is 0.732. The van der Waals surface area contributed by atoms with Gasteiger partial charge in [-0.25, -0.2) is 26.3 Å². The number of nitrogens with one attached hydrogen (secondary N) is 1. The third-order valence-corrected chi connectivity index (χ3v) is 6.72. The molecule has 0 radical (unpaired) electrons. The molecule has 1 N–H and O–H groups in total. The highest BCUT2D eigenvalue weighted by Crippen LogP contribution is 2.58. The Morgan fingerprint density at radius 3 is 2.52 bits per heavy atom. The van der Waals surface area contributed by atoms with Crippen molar-refractivity contribution in [2.45, 2.75) is 18.5 Å². The molecule has 1 aliphatic carbocycles. The van der Waals surface area contributed by atoms with Gasteiger partial charge in [0.25, 0.3) is 0 Å². The molecule has 2 aromatic carbocycles. The molecule has 2 aliphatic rings. The van der Waals surface area contributed by atoms with Crippen molar-refractivity contribution in [2.24, 2.45) is 11.8 Å². The topological polar surface area (TPSA) is 66.5 Å². The Morgan fingerprint density at radius 1 is 1.16 bits per heavy atom. The number of amides is 1. The second-order valence-corrected chi connectivity index (χ2v) is 10.2. The zero-order valence-electron chi connectivity index (χ0n) is 16.9. The number of benzene rings is 2. The lowest BCUT2D eigenvalue weighted by Crippen LogP contribution is -2.34. The van der Waals surface area contributed by atoms with Crippen LogP contribution in [-0.2, 0) is 20.5 Å². The fourth-order valence-electron chi connectivity index (χ4n) is 4.33. The van der Waals surface area contributed by atoms with Gasteiger partial charge in [-0.2, -0.15) is 0 Å². The van der Waals surface area contributed by atoms with E-state index >= 15 is 4.39 Å². The number of nitrogens with zero attached hydrogens (tertiary/aromatic N) is 1. The fourth-order valence-corrected chi connectivity index (χ4v) is 4.86. The second-order valence-electron chi connectivity index (χ2n) is 8.32. The Morgan fingerprint density at radius 2 is 1.84 bits per heavy atom. The van der Waals surface area contributed by atoms with Gasteiger partial charge < -0.3 is 4.90 Å². The molecule has 9 heteroatoms. The van der Waals surface area contributed by atoms with Crippen LogP contribution in [0.2, 0.25) is 0 Å². The molecule has 1 saturated heterocycles. The lowest BCUT2D eigenvalue weighted by atomic mass is 9.93. The number of rotatable bonds is 6. The number of hydrogen-bond donors (Lipinski definition) is 1. The summed E-state index contributed by atoms with van der Waals surface area (Å²) in [7, 11) is -3.32. The van der Waals surface area contributed by atoms with E-state index in [9.17, 15) is 22.0 Å². The van der Waals surface area contributed by atoms with E-state index in [2.05, 4.69) is 4.72 Å². The lowest BCUT2D eigenvalue weighted by Gasteiger charge is -2.19. The van der Waals surface area contributed by atoms with Gasteiger partial charge in [0.15, 0.2) is 0 Å². The van der Waals surface area contributed by atoms with Crippen LogP contribution in [0.25, 0.3) is 11.1 Å². The van der Waals surface area contributed by atoms with Crippen molar-refractivity contribution in [1.82, 2.24) is 9.62 Å². The predicted molar refractivity (Wildman–Crippen MR) is 110 cm³/mol. The SMILES string of the molecule is CS(=O)(=O)NC[C@@H]1CCN(C(=O)[C@@H]2C[C@@]2(F)c2ccccc2-c2c(F)cccc2F)C1. The molecule has 2 aromatic rings. The smallest absolute Gasteiger partial charge is 0.229 e. The van der Waals surface area contributed by atoms with Crippen LogP contribution in [0, 0.1) is 23.5 Å². The Bertz CT molecular complexity index is 1100. The van der Waals surface area contributed by atoms with Crippen LogP contribution < -0.4 is 4.72 Å². The Labute approximate surface area is 179 Å². The number of halogens is 3. The molecule has 5 nitrogen and oxygen atoms in total. The number of hydrogen-bond acceptors (Lipinski definition) is 3. The minimum atomic E-state index is -3.32. The monoisotopic (exact) mass is 452 g/mol. The number of sulfonamides is 1. The maximum absolute atomic E-state index is 15.8. The molecular formula is C22H23F3N2O3S. The average Bonchev–Trinajstić information content (AvgIpc) is 3.18. The van der Waals surface area contributed by atoms with E-state index in [1.165, 1.54) is 18.2 Å². The maximum Gasteiger partial charge on any atom is 0.229 e. The first kappa shape index (κ1) is 21.8. The first-order chi connectivity index (χ1) is 14.6. The molecule has 4 rings (SSSR count). The summed E-state index contributed by atoms with van der Waals surface area (Å²) >= 11 is 0. The normalized spacial score (nSPS) is 25.6. The van der Waals surface area contributed by atoms with E-state index in [1.807, 2.05) is 0 Å². The summed E-state index contributed by atoms with van der Waals surface area (Å²) in [5.41, 5.74) is -2.09. The van der Waals surface area contributed by atoms with Gasteiger partial charge in [-0.05, 0) is 35.6 Å². The molecule has 166 valence electrons. The van der Waals surface area contributed by atoms with Crippen LogP contribution in [0.4, 0.5) is 13.2 Å². The van der Waals surface area contributed by atoms with E-state index in [0.717, 1.165) is 18.4 Å². The zero-order chi connectivity index (χ0) is 22.4. The van der Waals surface area contributed by atoms with Gasteiger partial charge in [-0.1, -0.05) is 30.3 Å². The molecule has 0 aromatic heterocycles. The summed E-state index contributed by atoms with van der Waals surface area (Å²) in [6.07, 6.45) is 1.64. The summed E-state index contributed by atoms with van der Waals surface area (Å²) in [5, 5.41) is 0. The first-order valence-electron chi connectivity index (χ1n) is 10.1. The molecule has 1 heterocycles. The summed E-state index contributed by atoms with van der Waals surface area (Å²) in [6.45, 7) is 0.992. The fraction of sp³-hybridized carbons (Fsp3) is 0.409. The van der Waals surface area contributed by atoms with Gasteiger partial charge in [0.2, 0.25) is 15.9 Å². The minimum Gasteiger partial charge on any atom is -0.342 e. The Balaban J connectivity index is 1.52. The molecule has 1 aliphatic heterocycles. The third kappa shape index (κ3) is 4.34. The van der Waals surface area contributed by atoms with Crippen LogP contribution in [0.3, 0.4) is 0 Å². The minimum absolute atomic E-state index is 0.0359. The van der Waals surface area contributed by atoms with Crippen molar-refractivity contribution in [1.29, 1.82) is 0 Å². The standard InChI is InChI=1S/C22H23F3N2O3S/c1-31(29,30)26-12-14-9-10-27(13-14)21(28)17-11-22(17,25)16-6-3-2-5-15(16)20-18(23)7-4-8-19(20)24/h2-8,14,17,26H,9-13H2,1H3/t14-,17-,22+/m0/s1. The summed E-state index contributed by atoms with van der Waals surface area (Å²) < 4.78 is 69.5. The predicted octanol–water partition coefficient (Wildman–Crippen LogP) is 3.21. The van der Waals surface area contributed by atoms with E-state index in [4.69, 9.17) is 0 Å². The van der Waals surface area contributed by atoms with Crippen LogP contribution in [-0.4, -0.2) is 45.1 Å². The highest BCUT2D eigenvalue weighted by atomic mass is 32.2. The van der Waals surface area contributed by atoms with Crippen molar-refractivity contribution >= 4 is 15.9 Å². The first-order valence-corrected chi connectivity index (χ1v) is 12.0. The largest absolute Gasteiger partial charge is 0.342 e. The molecular weight excluding hydrogens is 429 g/mol. The maximum atomic E-state index is 15.8. The lowest BCUT2D eigenvalue weighted by molar-refractivity contribution is -0.132. The number of likely N-dealkylation sites (tertiary alicyclic amines) is 1.